The third-order valence-electron chi connectivity index (χ3n) is 3.02. The largest absolute Gasteiger partial charge is 0.336 e. The maximum atomic E-state index is 12.4. The molecular formula is C14H22N2O3S. The van der Waals surface area contributed by atoms with E-state index < -0.39 is 9.84 Å². The van der Waals surface area contributed by atoms with Crippen molar-refractivity contribution in [3.8, 4) is 0 Å². The molecule has 0 bridgehead atoms. The van der Waals surface area contributed by atoms with Crippen molar-refractivity contribution >= 4 is 15.7 Å². The molecule has 1 aromatic rings. The summed E-state index contributed by atoms with van der Waals surface area (Å²) >= 11 is 0. The van der Waals surface area contributed by atoms with Crippen molar-refractivity contribution in [2.45, 2.75) is 31.2 Å². The summed E-state index contributed by atoms with van der Waals surface area (Å²) in [6, 6.07) is 6.10. The predicted molar refractivity (Wildman–Crippen MR) is 79.4 cm³/mol. The molecule has 112 valence electrons. The van der Waals surface area contributed by atoms with Crippen molar-refractivity contribution in [1.29, 1.82) is 0 Å². The van der Waals surface area contributed by atoms with Crippen molar-refractivity contribution < 1.29 is 13.2 Å². The predicted octanol–water partition coefficient (Wildman–Crippen LogP) is 1.29. The van der Waals surface area contributed by atoms with Gasteiger partial charge < -0.3 is 10.6 Å². The molecule has 1 aromatic carbocycles. The average molecular weight is 298 g/mol. The fraction of sp³-hybridized carbons (Fsp3) is 0.500. The molecular weight excluding hydrogens is 276 g/mol. The van der Waals surface area contributed by atoms with E-state index in [0.717, 1.165) is 12.7 Å². The van der Waals surface area contributed by atoms with Gasteiger partial charge in [0.2, 0.25) is 0 Å². The van der Waals surface area contributed by atoms with E-state index in [0.29, 0.717) is 18.7 Å². The SMILES string of the molecule is CC(C)N(CCCN)C(=O)c1ccc(S(C)(=O)=O)cc1. The van der Waals surface area contributed by atoms with E-state index in [1.807, 2.05) is 13.8 Å². The zero-order valence-electron chi connectivity index (χ0n) is 12.2. The Hall–Kier alpha value is -1.40. The third-order valence-corrected chi connectivity index (χ3v) is 4.15. The van der Waals surface area contributed by atoms with E-state index in [1.165, 1.54) is 12.1 Å². The van der Waals surface area contributed by atoms with Crippen LogP contribution in [0.2, 0.25) is 0 Å². The summed E-state index contributed by atoms with van der Waals surface area (Å²) in [5, 5.41) is 0. The molecule has 0 saturated heterocycles. The summed E-state index contributed by atoms with van der Waals surface area (Å²) in [6.45, 7) is 5.02. The molecule has 0 fully saturated rings. The fourth-order valence-electron chi connectivity index (χ4n) is 1.87. The molecule has 20 heavy (non-hydrogen) atoms. The minimum atomic E-state index is -3.24. The first-order valence-electron chi connectivity index (χ1n) is 6.58. The van der Waals surface area contributed by atoms with Crippen molar-refractivity contribution in [3.63, 3.8) is 0 Å². The van der Waals surface area contributed by atoms with Crippen LogP contribution in [0.5, 0.6) is 0 Å². The molecule has 1 rings (SSSR count). The van der Waals surface area contributed by atoms with Crippen molar-refractivity contribution in [2.24, 2.45) is 5.73 Å². The lowest BCUT2D eigenvalue weighted by Crippen LogP contribution is -2.38. The van der Waals surface area contributed by atoms with Gasteiger partial charge in [0.05, 0.1) is 4.90 Å². The van der Waals surface area contributed by atoms with Gasteiger partial charge in [-0.1, -0.05) is 0 Å². The number of sulfone groups is 1. The molecule has 2 N–H and O–H groups in total. The number of hydrogen-bond acceptors (Lipinski definition) is 4. The number of hydrogen-bond donors (Lipinski definition) is 1. The summed E-state index contributed by atoms with van der Waals surface area (Å²) in [5.74, 6) is -0.103. The molecule has 0 saturated carbocycles. The fourth-order valence-corrected chi connectivity index (χ4v) is 2.50. The van der Waals surface area contributed by atoms with E-state index in [2.05, 4.69) is 0 Å². The Morgan fingerprint density at radius 1 is 1.25 bits per heavy atom. The second-order valence-corrected chi connectivity index (χ2v) is 7.05. The highest BCUT2D eigenvalue weighted by Gasteiger charge is 2.18. The van der Waals surface area contributed by atoms with Crippen LogP contribution in [0.25, 0.3) is 0 Å². The lowest BCUT2D eigenvalue weighted by molar-refractivity contribution is 0.0704. The van der Waals surface area contributed by atoms with E-state index >= 15 is 0 Å². The first kappa shape index (κ1) is 16.7. The molecule has 0 atom stereocenters. The normalized spacial score (nSPS) is 11.7. The van der Waals surface area contributed by atoms with Gasteiger partial charge in [-0.15, -0.1) is 0 Å². The summed E-state index contributed by atoms with van der Waals surface area (Å²) in [4.78, 5) is 14.3. The van der Waals surface area contributed by atoms with Gasteiger partial charge in [0.15, 0.2) is 9.84 Å². The van der Waals surface area contributed by atoms with E-state index in [-0.39, 0.29) is 16.8 Å². The number of carbonyl (C=O) groups is 1. The Kier molecular flexibility index (Phi) is 5.71. The number of nitrogens with zero attached hydrogens (tertiary/aromatic N) is 1. The molecule has 0 aromatic heterocycles. The van der Waals surface area contributed by atoms with Crippen LogP contribution < -0.4 is 5.73 Å². The van der Waals surface area contributed by atoms with E-state index in [9.17, 15) is 13.2 Å². The van der Waals surface area contributed by atoms with Crippen LogP contribution in [0.15, 0.2) is 29.2 Å². The minimum absolute atomic E-state index is 0.0728. The number of rotatable bonds is 6. The molecule has 0 aliphatic heterocycles. The van der Waals surface area contributed by atoms with Crippen LogP contribution in [0.4, 0.5) is 0 Å². The standard InChI is InChI=1S/C14H22N2O3S/c1-11(2)16(10-4-9-15)14(17)12-5-7-13(8-6-12)20(3,18)19/h5-8,11H,4,9-10,15H2,1-3H3. The maximum absolute atomic E-state index is 12.4. The van der Waals surface area contributed by atoms with Crippen molar-refractivity contribution in [1.82, 2.24) is 4.90 Å². The Balaban J connectivity index is 2.95. The highest BCUT2D eigenvalue weighted by Crippen LogP contribution is 2.13. The molecule has 6 heteroatoms. The zero-order valence-corrected chi connectivity index (χ0v) is 13.0. The third kappa shape index (κ3) is 4.31. The molecule has 0 unspecified atom stereocenters. The Labute approximate surface area is 120 Å². The molecule has 0 radical (unpaired) electrons. The second-order valence-electron chi connectivity index (χ2n) is 5.03. The van der Waals surface area contributed by atoms with Crippen LogP contribution in [-0.2, 0) is 9.84 Å². The van der Waals surface area contributed by atoms with Crippen LogP contribution in [0, 0.1) is 0 Å². The molecule has 0 aliphatic rings. The molecule has 0 heterocycles. The zero-order chi connectivity index (χ0) is 15.3. The summed E-state index contributed by atoms with van der Waals surface area (Å²) < 4.78 is 22.8. The molecule has 1 amide bonds. The van der Waals surface area contributed by atoms with Gasteiger partial charge in [-0.3, -0.25) is 4.79 Å². The smallest absolute Gasteiger partial charge is 0.254 e. The quantitative estimate of drug-likeness (QED) is 0.858. The maximum Gasteiger partial charge on any atom is 0.254 e. The first-order chi connectivity index (χ1) is 9.27. The van der Waals surface area contributed by atoms with E-state index in [4.69, 9.17) is 5.73 Å². The highest BCUT2D eigenvalue weighted by molar-refractivity contribution is 7.90. The van der Waals surface area contributed by atoms with E-state index in [1.54, 1.807) is 17.0 Å². The number of benzene rings is 1. The van der Waals surface area contributed by atoms with Crippen LogP contribution in [0.3, 0.4) is 0 Å². The Bertz CT molecular complexity index is 550. The second kappa shape index (κ2) is 6.85. The monoisotopic (exact) mass is 298 g/mol. The van der Waals surface area contributed by atoms with Gasteiger partial charge in [-0.2, -0.15) is 0 Å². The van der Waals surface area contributed by atoms with Gasteiger partial charge >= 0.3 is 0 Å². The van der Waals surface area contributed by atoms with Gasteiger partial charge in [-0.25, -0.2) is 8.42 Å². The van der Waals surface area contributed by atoms with Gasteiger partial charge in [0.1, 0.15) is 0 Å². The Morgan fingerprint density at radius 2 is 1.80 bits per heavy atom. The number of amides is 1. The van der Waals surface area contributed by atoms with Crippen LogP contribution in [0.1, 0.15) is 30.6 Å². The summed E-state index contributed by atoms with van der Waals surface area (Å²) in [7, 11) is -3.24. The highest BCUT2D eigenvalue weighted by atomic mass is 32.2. The first-order valence-corrected chi connectivity index (χ1v) is 8.47. The Morgan fingerprint density at radius 3 is 2.20 bits per heavy atom. The van der Waals surface area contributed by atoms with Gasteiger partial charge in [-0.05, 0) is 51.1 Å². The topological polar surface area (TPSA) is 80.5 Å². The minimum Gasteiger partial charge on any atom is -0.336 e. The summed E-state index contributed by atoms with van der Waals surface area (Å²) in [5.41, 5.74) is 5.97. The van der Waals surface area contributed by atoms with Gasteiger partial charge in [0, 0.05) is 24.4 Å². The van der Waals surface area contributed by atoms with Crippen molar-refractivity contribution in [3.05, 3.63) is 29.8 Å². The van der Waals surface area contributed by atoms with Crippen LogP contribution in [-0.4, -0.2) is 44.6 Å². The lowest BCUT2D eigenvalue weighted by atomic mass is 10.1. The lowest BCUT2D eigenvalue weighted by Gasteiger charge is -2.26. The average Bonchev–Trinajstić information content (AvgIpc) is 2.37. The van der Waals surface area contributed by atoms with Gasteiger partial charge in [0.25, 0.3) is 5.91 Å². The summed E-state index contributed by atoms with van der Waals surface area (Å²) in [6.07, 6.45) is 1.89. The number of nitrogens with two attached hydrogens (primary N) is 1. The number of carbonyl (C=O) groups excluding carboxylic acids is 1. The van der Waals surface area contributed by atoms with Crippen LogP contribution >= 0.6 is 0 Å². The molecule has 5 nitrogen and oxygen atoms in total. The molecule has 0 aliphatic carbocycles. The van der Waals surface area contributed by atoms with Crippen molar-refractivity contribution in [2.75, 3.05) is 19.3 Å². The molecule has 0 spiro atoms.